The van der Waals surface area contributed by atoms with Crippen LogP contribution in [0.25, 0.3) is 5.65 Å². The SMILES string of the molecule is CC1(C)C(=O)N(c2ccc(C#N)c(C(F)(F)F)c2)C(=S)N1c1cc(F)c2nc(OCCO)cc(=O)n2c1. The van der Waals surface area contributed by atoms with Crippen molar-refractivity contribution in [3.05, 3.63) is 63.8 Å². The van der Waals surface area contributed by atoms with Crippen molar-refractivity contribution < 1.29 is 32.2 Å². The first-order valence-electron chi connectivity index (χ1n) is 10.6. The Bertz CT molecular complexity index is 1550. The second kappa shape index (κ2) is 9.09. The number of aliphatic hydroxyl groups excluding tert-OH is 1. The number of carbonyl (C=O) groups excluding carboxylic acids is 1. The zero-order chi connectivity index (χ0) is 27.3. The molecule has 14 heteroatoms. The molecule has 3 heterocycles. The normalized spacial score (nSPS) is 15.4. The van der Waals surface area contributed by atoms with Crippen LogP contribution in [0, 0.1) is 17.1 Å². The van der Waals surface area contributed by atoms with Crippen molar-refractivity contribution in [1.29, 1.82) is 5.26 Å². The zero-order valence-corrected chi connectivity index (χ0v) is 20.0. The molecule has 0 bridgehead atoms. The van der Waals surface area contributed by atoms with E-state index in [-0.39, 0.29) is 35.6 Å². The Labute approximate surface area is 211 Å². The van der Waals surface area contributed by atoms with Crippen LogP contribution in [0.15, 0.2) is 41.3 Å². The molecule has 0 spiro atoms. The monoisotopic (exact) mass is 535 g/mol. The van der Waals surface area contributed by atoms with Gasteiger partial charge in [-0.1, -0.05) is 0 Å². The number of nitrogens with zero attached hydrogens (tertiary/aromatic N) is 5. The summed E-state index contributed by atoms with van der Waals surface area (Å²) in [6, 6.07) is 6.15. The number of aromatic nitrogens is 2. The topological polar surface area (TPSA) is 111 Å². The fourth-order valence-electron chi connectivity index (χ4n) is 3.93. The number of pyridine rings is 1. The van der Waals surface area contributed by atoms with Crippen molar-refractivity contribution in [1.82, 2.24) is 9.38 Å². The molecule has 1 aromatic carbocycles. The molecule has 1 fully saturated rings. The lowest BCUT2D eigenvalue weighted by Crippen LogP contribution is -2.44. The molecular formula is C23H17F4N5O4S. The van der Waals surface area contributed by atoms with Gasteiger partial charge in [-0.05, 0) is 44.3 Å². The molecule has 0 aliphatic carbocycles. The fraction of sp³-hybridized carbons (Fsp3) is 0.261. The highest BCUT2D eigenvalue weighted by Gasteiger charge is 2.51. The minimum absolute atomic E-state index is 0.0338. The maximum absolute atomic E-state index is 15.1. The van der Waals surface area contributed by atoms with E-state index in [2.05, 4.69) is 4.98 Å². The van der Waals surface area contributed by atoms with Gasteiger partial charge in [-0.15, -0.1) is 0 Å². The van der Waals surface area contributed by atoms with Gasteiger partial charge in [0.25, 0.3) is 11.5 Å². The molecule has 192 valence electrons. The van der Waals surface area contributed by atoms with E-state index in [4.69, 9.17) is 27.3 Å². The van der Waals surface area contributed by atoms with Gasteiger partial charge in [-0.25, -0.2) is 4.39 Å². The van der Waals surface area contributed by atoms with E-state index < -0.39 is 45.8 Å². The van der Waals surface area contributed by atoms with Crippen LogP contribution in [0.3, 0.4) is 0 Å². The van der Waals surface area contributed by atoms with Crippen LogP contribution in [0.1, 0.15) is 25.0 Å². The largest absolute Gasteiger partial charge is 0.475 e. The Kier molecular flexibility index (Phi) is 6.39. The van der Waals surface area contributed by atoms with Crippen LogP contribution in [-0.4, -0.2) is 44.3 Å². The third-order valence-electron chi connectivity index (χ3n) is 5.63. The maximum atomic E-state index is 15.1. The Hall–Kier alpha value is -4.09. The number of aliphatic hydroxyl groups is 1. The summed E-state index contributed by atoms with van der Waals surface area (Å²) < 4.78 is 61.6. The first-order valence-corrected chi connectivity index (χ1v) is 11.0. The number of nitriles is 1. The number of alkyl halides is 3. The van der Waals surface area contributed by atoms with Crippen molar-refractivity contribution in [2.75, 3.05) is 23.0 Å². The predicted octanol–water partition coefficient (Wildman–Crippen LogP) is 3.01. The molecule has 0 atom stereocenters. The second-order valence-electron chi connectivity index (χ2n) is 8.40. The van der Waals surface area contributed by atoms with E-state index in [1.807, 2.05) is 0 Å². The highest BCUT2D eigenvalue weighted by Crippen LogP contribution is 2.39. The molecule has 3 aromatic rings. The van der Waals surface area contributed by atoms with Crippen molar-refractivity contribution >= 4 is 40.3 Å². The minimum Gasteiger partial charge on any atom is -0.475 e. The third-order valence-corrected chi connectivity index (χ3v) is 6.00. The number of benzene rings is 1. The minimum atomic E-state index is -4.87. The standard InChI is InChI=1S/C23H17F4N5O4S/c1-22(2)20(35)31(13-4-3-12(10-28)15(7-13)23(25,26)27)21(37)32(22)14-8-16(24)19-29-17(36-6-5-33)9-18(34)30(19)11-14/h3-4,7-9,11,33H,5-6H2,1-2H3. The van der Waals surface area contributed by atoms with Gasteiger partial charge >= 0.3 is 6.18 Å². The quantitative estimate of drug-likeness (QED) is 0.392. The molecule has 0 unspecified atom stereocenters. The number of fused-ring (bicyclic) bond motifs is 1. The number of thiocarbonyl (C=S) groups is 1. The van der Waals surface area contributed by atoms with Crippen molar-refractivity contribution in [2.45, 2.75) is 25.6 Å². The van der Waals surface area contributed by atoms with Crippen LogP contribution < -0.4 is 20.1 Å². The average Bonchev–Trinajstić information content (AvgIpc) is 3.00. The molecular weight excluding hydrogens is 518 g/mol. The Morgan fingerprint density at radius 1 is 1.19 bits per heavy atom. The number of anilines is 2. The number of hydrogen-bond acceptors (Lipinski definition) is 7. The van der Waals surface area contributed by atoms with Gasteiger partial charge in [0.15, 0.2) is 16.6 Å². The molecule has 1 amide bonds. The van der Waals surface area contributed by atoms with Gasteiger partial charge in [0.05, 0.1) is 41.2 Å². The molecule has 37 heavy (non-hydrogen) atoms. The number of halogens is 4. The molecule has 0 saturated carbocycles. The van der Waals surface area contributed by atoms with Crippen LogP contribution in [-0.2, 0) is 11.0 Å². The Morgan fingerprint density at radius 2 is 1.89 bits per heavy atom. The van der Waals surface area contributed by atoms with Crippen LogP contribution in [0.4, 0.5) is 28.9 Å². The fourth-order valence-corrected chi connectivity index (χ4v) is 4.46. The van der Waals surface area contributed by atoms with Gasteiger partial charge in [0.1, 0.15) is 12.1 Å². The van der Waals surface area contributed by atoms with E-state index in [1.165, 1.54) is 31.0 Å². The van der Waals surface area contributed by atoms with Gasteiger partial charge in [0.2, 0.25) is 5.88 Å². The smallest absolute Gasteiger partial charge is 0.417 e. The van der Waals surface area contributed by atoms with Crippen LogP contribution in [0.2, 0.25) is 0 Å². The van der Waals surface area contributed by atoms with E-state index in [9.17, 15) is 22.8 Å². The lowest BCUT2D eigenvalue weighted by molar-refractivity contribution is -0.137. The molecule has 1 aliphatic rings. The molecule has 1 aliphatic heterocycles. The first kappa shape index (κ1) is 26.0. The second-order valence-corrected chi connectivity index (χ2v) is 8.77. The number of amides is 1. The average molecular weight is 535 g/mol. The van der Waals surface area contributed by atoms with Crippen LogP contribution >= 0.6 is 12.2 Å². The molecule has 0 radical (unpaired) electrons. The van der Waals surface area contributed by atoms with Crippen molar-refractivity contribution in [2.24, 2.45) is 0 Å². The van der Waals surface area contributed by atoms with Gasteiger partial charge in [-0.3, -0.25) is 18.9 Å². The van der Waals surface area contributed by atoms with Gasteiger partial charge in [0, 0.05) is 12.3 Å². The van der Waals surface area contributed by atoms with Crippen molar-refractivity contribution in [3.63, 3.8) is 0 Å². The summed E-state index contributed by atoms with van der Waals surface area (Å²) in [6.45, 7) is 2.36. The summed E-state index contributed by atoms with van der Waals surface area (Å²) in [5, 5.41) is 17.7. The van der Waals surface area contributed by atoms with Crippen molar-refractivity contribution in [3.8, 4) is 11.9 Å². The van der Waals surface area contributed by atoms with E-state index in [1.54, 1.807) is 0 Å². The predicted molar refractivity (Wildman–Crippen MR) is 127 cm³/mol. The highest BCUT2D eigenvalue weighted by atomic mass is 32.1. The Balaban J connectivity index is 1.82. The molecule has 4 rings (SSSR count). The van der Waals surface area contributed by atoms with Crippen LogP contribution in [0.5, 0.6) is 5.88 Å². The number of hydrogen-bond donors (Lipinski definition) is 1. The maximum Gasteiger partial charge on any atom is 0.417 e. The number of carbonyl (C=O) groups is 1. The van der Waals surface area contributed by atoms with Gasteiger partial charge < -0.3 is 14.7 Å². The summed E-state index contributed by atoms with van der Waals surface area (Å²) in [5.74, 6) is -1.88. The highest BCUT2D eigenvalue weighted by molar-refractivity contribution is 7.81. The summed E-state index contributed by atoms with van der Waals surface area (Å²) in [4.78, 5) is 31.9. The van der Waals surface area contributed by atoms with E-state index in [0.29, 0.717) is 6.07 Å². The molecule has 1 saturated heterocycles. The lowest BCUT2D eigenvalue weighted by Gasteiger charge is -2.29. The summed E-state index contributed by atoms with van der Waals surface area (Å²) in [5.41, 5.74) is -4.76. The first-order chi connectivity index (χ1) is 17.3. The Morgan fingerprint density at radius 3 is 2.51 bits per heavy atom. The summed E-state index contributed by atoms with van der Waals surface area (Å²) in [7, 11) is 0. The van der Waals surface area contributed by atoms with E-state index in [0.717, 1.165) is 33.6 Å². The number of rotatable bonds is 5. The lowest BCUT2D eigenvalue weighted by atomic mass is 10.0. The van der Waals surface area contributed by atoms with E-state index >= 15 is 4.39 Å². The summed E-state index contributed by atoms with van der Waals surface area (Å²) in [6.07, 6.45) is -3.68. The zero-order valence-electron chi connectivity index (χ0n) is 19.2. The molecule has 9 nitrogen and oxygen atoms in total. The summed E-state index contributed by atoms with van der Waals surface area (Å²) >= 11 is 5.43. The molecule has 1 N–H and O–H groups in total. The number of ether oxygens (including phenoxy) is 1. The third kappa shape index (κ3) is 4.36. The molecule has 2 aromatic heterocycles. The van der Waals surface area contributed by atoms with Gasteiger partial charge in [-0.2, -0.15) is 23.4 Å².